The minimum Gasteiger partial charge on any atom is -0.492 e. The number of rotatable bonds is 8. The third-order valence-corrected chi connectivity index (χ3v) is 3.30. The SMILES string of the molecule is CCOC(=O)NCCOc1ccc(OCC2OC2(C)C)cc1. The zero-order valence-corrected chi connectivity index (χ0v) is 13.3. The maximum absolute atomic E-state index is 11.1. The first-order valence-electron chi connectivity index (χ1n) is 7.45. The summed E-state index contributed by atoms with van der Waals surface area (Å²) in [5.74, 6) is 1.50. The van der Waals surface area contributed by atoms with Gasteiger partial charge in [-0.3, -0.25) is 0 Å². The molecular formula is C16H23NO5. The first-order chi connectivity index (χ1) is 10.5. The standard InChI is InChI=1S/C16H23NO5/c1-4-19-15(18)17-9-10-20-12-5-7-13(8-6-12)21-11-14-16(2,3)22-14/h5-8,14H,4,9-11H2,1-3H3,(H,17,18). The Morgan fingerprint density at radius 2 is 1.82 bits per heavy atom. The van der Waals surface area contributed by atoms with E-state index in [9.17, 15) is 4.79 Å². The third-order valence-electron chi connectivity index (χ3n) is 3.30. The van der Waals surface area contributed by atoms with E-state index in [0.29, 0.717) is 26.4 Å². The number of epoxide rings is 1. The highest BCUT2D eigenvalue weighted by Gasteiger charge is 2.48. The van der Waals surface area contributed by atoms with Crippen molar-refractivity contribution in [2.45, 2.75) is 32.5 Å². The van der Waals surface area contributed by atoms with Crippen molar-refractivity contribution in [1.82, 2.24) is 5.32 Å². The monoisotopic (exact) mass is 309 g/mol. The van der Waals surface area contributed by atoms with Gasteiger partial charge in [-0.2, -0.15) is 0 Å². The maximum atomic E-state index is 11.1. The highest BCUT2D eigenvalue weighted by atomic mass is 16.6. The van der Waals surface area contributed by atoms with Crippen molar-refractivity contribution in [3.63, 3.8) is 0 Å². The lowest BCUT2D eigenvalue weighted by atomic mass is 10.1. The molecule has 2 rings (SSSR count). The Kier molecular flexibility index (Phi) is 5.49. The van der Waals surface area contributed by atoms with Crippen molar-refractivity contribution in [2.24, 2.45) is 0 Å². The minimum absolute atomic E-state index is 0.0605. The van der Waals surface area contributed by atoms with Crippen molar-refractivity contribution in [3.05, 3.63) is 24.3 Å². The second-order valence-corrected chi connectivity index (χ2v) is 5.49. The molecule has 6 heteroatoms. The third kappa shape index (κ3) is 5.11. The number of amides is 1. The molecule has 1 aliphatic heterocycles. The van der Waals surface area contributed by atoms with E-state index in [2.05, 4.69) is 5.32 Å². The summed E-state index contributed by atoms with van der Waals surface area (Å²) in [6.07, 6.45) is -0.266. The lowest BCUT2D eigenvalue weighted by Gasteiger charge is -2.09. The predicted octanol–water partition coefficient (Wildman–Crippen LogP) is 2.37. The van der Waals surface area contributed by atoms with Crippen molar-refractivity contribution < 1.29 is 23.7 Å². The van der Waals surface area contributed by atoms with Gasteiger partial charge in [0.1, 0.15) is 30.8 Å². The molecule has 0 aliphatic carbocycles. The van der Waals surface area contributed by atoms with Gasteiger partial charge in [0.15, 0.2) is 0 Å². The van der Waals surface area contributed by atoms with Crippen LogP contribution in [0.1, 0.15) is 20.8 Å². The first-order valence-corrected chi connectivity index (χ1v) is 7.45. The molecule has 1 aromatic carbocycles. The van der Waals surface area contributed by atoms with Gasteiger partial charge >= 0.3 is 6.09 Å². The van der Waals surface area contributed by atoms with E-state index in [1.807, 2.05) is 38.1 Å². The van der Waals surface area contributed by atoms with Gasteiger partial charge in [-0.05, 0) is 45.0 Å². The van der Waals surface area contributed by atoms with Gasteiger partial charge in [-0.15, -0.1) is 0 Å². The molecule has 1 unspecified atom stereocenters. The molecule has 22 heavy (non-hydrogen) atoms. The Labute approximate surface area is 130 Å². The number of carbonyl (C=O) groups excluding carboxylic acids is 1. The zero-order chi connectivity index (χ0) is 16.0. The molecule has 1 aliphatic rings. The molecule has 0 aromatic heterocycles. The predicted molar refractivity (Wildman–Crippen MR) is 81.4 cm³/mol. The quantitative estimate of drug-likeness (QED) is 0.590. The minimum atomic E-state index is -0.430. The highest BCUT2D eigenvalue weighted by Crippen LogP contribution is 2.35. The fourth-order valence-corrected chi connectivity index (χ4v) is 1.88. The molecule has 122 valence electrons. The highest BCUT2D eigenvalue weighted by molar-refractivity contribution is 5.66. The molecule has 1 heterocycles. The van der Waals surface area contributed by atoms with Crippen LogP contribution in [0.4, 0.5) is 4.79 Å². The molecule has 1 saturated heterocycles. The van der Waals surface area contributed by atoms with Gasteiger partial charge in [0.2, 0.25) is 0 Å². The van der Waals surface area contributed by atoms with E-state index in [-0.39, 0.29) is 11.7 Å². The molecule has 1 aromatic rings. The Balaban J connectivity index is 1.63. The number of benzene rings is 1. The summed E-state index contributed by atoms with van der Waals surface area (Å²) in [4.78, 5) is 11.1. The number of alkyl carbamates (subject to hydrolysis) is 1. The van der Waals surface area contributed by atoms with Gasteiger partial charge in [0.05, 0.1) is 18.8 Å². The summed E-state index contributed by atoms with van der Waals surface area (Å²) in [5, 5.41) is 2.59. The lowest BCUT2D eigenvalue weighted by Crippen LogP contribution is -2.28. The summed E-state index contributed by atoms with van der Waals surface area (Å²) in [6.45, 7) is 7.53. The van der Waals surface area contributed by atoms with Crippen LogP contribution < -0.4 is 14.8 Å². The molecule has 1 N–H and O–H groups in total. The van der Waals surface area contributed by atoms with Crippen molar-refractivity contribution in [3.8, 4) is 11.5 Å². The topological polar surface area (TPSA) is 69.3 Å². The number of hydrogen-bond acceptors (Lipinski definition) is 5. The summed E-state index contributed by atoms with van der Waals surface area (Å²) in [5.41, 5.74) is -0.0605. The fourth-order valence-electron chi connectivity index (χ4n) is 1.88. The molecule has 0 bridgehead atoms. The van der Waals surface area contributed by atoms with E-state index < -0.39 is 6.09 Å². The van der Waals surface area contributed by atoms with Gasteiger partial charge < -0.3 is 24.3 Å². The van der Waals surface area contributed by atoms with Gasteiger partial charge in [0, 0.05) is 0 Å². The Bertz CT molecular complexity index is 486. The molecule has 0 saturated carbocycles. The Hall–Kier alpha value is -1.95. The van der Waals surface area contributed by atoms with E-state index in [1.165, 1.54) is 0 Å². The van der Waals surface area contributed by atoms with E-state index >= 15 is 0 Å². The van der Waals surface area contributed by atoms with Crippen LogP contribution in [0, 0.1) is 0 Å². The maximum Gasteiger partial charge on any atom is 0.407 e. The molecule has 1 atom stereocenters. The molecule has 0 radical (unpaired) electrons. The largest absolute Gasteiger partial charge is 0.492 e. The normalized spacial score (nSPS) is 18.4. The van der Waals surface area contributed by atoms with Crippen LogP contribution in [-0.4, -0.2) is 44.2 Å². The van der Waals surface area contributed by atoms with Crippen LogP contribution >= 0.6 is 0 Å². The Morgan fingerprint density at radius 1 is 1.23 bits per heavy atom. The summed E-state index contributed by atoms with van der Waals surface area (Å²) in [7, 11) is 0. The van der Waals surface area contributed by atoms with Crippen LogP contribution in [0.15, 0.2) is 24.3 Å². The van der Waals surface area contributed by atoms with Gasteiger partial charge in [0.25, 0.3) is 0 Å². The van der Waals surface area contributed by atoms with Crippen molar-refractivity contribution >= 4 is 6.09 Å². The van der Waals surface area contributed by atoms with Crippen molar-refractivity contribution in [2.75, 3.05) is 26.4 Å². The van der Waals surface area contributed by atoms with Crippen LogP contribution in [0.5, 0.6) is 11.5 Å². The summed E-state index contributed by atoms with van der Waals surface area (Å²) in [6, 6.07) is 7.37. The number of ether oxygens (including phenoxy) is 4. The van der Waals surface area contributed by atoms with E-state index in [1.54, 1.807) is 6.92 Å². The Morgan fingerprint density at radius 3 is 2.36 bits per heavy atom. The molecule has 1 fully saturated rings. The van der Waals surface area contributed by atoms with E-state index in [0.717, 1.165) is 11.5 Å². The lowest BCUT2D eigenvalue weighted by molar-refractivity contribution is 0.150. The number of hydrogen-bond donors (Lipinski definition) is 1. The summed E-state index contributed by atoms with van der Waals surface area (Å²) >= 11 is 0. The van der Waals surface area contributed by atoms with Crippen LogP contribution in [-0.2, 0) is 9.47 Å². The van der Waals surface area contributed by atoms with Crippen LogP contribution in [0.25, 0.3) is 0 Å². The average molecular weight is 309 g/mol. The number of nitrogens with one attached hydrogen (secondary N) is 1. The van der Waals surface area contributed by atoms with Crippen LogP contribution in [0.2, 0.25) is 0 Å². The molecule has 1 amide bonds. The smallest absolute Gasteiger partial charge is 0.407 e. The zero-order valence-electron chi connectivity index (χ0n) is 13.3. The molecular weight excluding hydrogens is 286 g/mol. The van der Waals surface area contributed by atoms with E-state index in [4.69, 9.17) is 18.9 Å². The number of carbonyl (C=O) groups is 1. The summed E-state index contributed by atoms with van der Waals surface area (Å²) < 4.78 is 21.4. The fraction of sp³-hybridized carbons (Fsp3) is 0.562. The molecule has 0 spiro atoms. The van der Waals surface area contributed by atoms with Crippen molar-refractivity contribution in [1.29, 1.82) is 0 Å². The second kappa shape index (κ2) is 7.35. The first kappa shape index (κ1) is 16.4. The average Bonchev–Trinajstić information content (AvgIpc) is 3.10. The molecule has 6 nitrogen and oxygen atoms in total. The van der Waals surface area contributed by atoms with Gasteiger partial charge in [-0.25, -0.2) is 4.79 Å². The van der Waals surface area contributed by atoms with Crippen LogP contribution in [0.3, 0.4) is 0 Å². The van der Waals surface area contributed by atoms with Gasteiger partial charge in [-0.1, -0.05) is 0 Å². The second-order valence-electron chi connectivity index (χ2n) is 5.49.